The number of benzene rings is 2. The third-order valence-electron chi connectivity index (χ3n) is 5.21. The lowest BCUT2D eigenvalue weighted by molar-refractivity contribution is -0.0181. The molecule has 0 atom stereocenters. The fourth-order valence-corrected chi connectivity index (χ4v) is 3.90. The van der Waals surface area contributed by atoms with Crippen LogP contribution >= 0.6 is 11.6 Å². The zero-order chi connectivity index (χ0) is 22.3. The van der Waals surface area contributed by atoms with Crippen molar-refractivity contribution in [2.45, 2.75) is 39.5 Å². The van der Waals surface area contributed by atoms with Crippen molar-refractivity contribution in [3.63, 3.8) is 0 Å². The van der Waals surface area contributed by atoms with Crippen LogP contribution in [-0.4, -0.2) is 29.8 Å². The summed E-state index contributed by atoms with van der Waals surface area (Å²) >= 11 is 6.34. The van der Waals surface area contributed by atoms with E-state index >= 15 is 0 Å². The molecule has 0 amide bonds. The predicted molar refractivity (Wildman–Crippen MR) is 127 cm³/mol. The largest absolute Gasteiger partial charge is 0.368 e. The molecule has 0 aliphatic carbocycles. The monoisotopic (exact) mass is 445 g/mol. The first-order valence-corrected chi connectivity index (χ1v) is 10.9. The summed E-state index contributed by atoms with van der Waals surface area (Å²) < 4.78 is 9.79. The molecule has 2 aromatic carbocycles. The van der Waals surface area contributed by atoms with E-state index in [9.17, 15) is 0 Å². The molecular weight excluding hydrogens is 422 g/mol. The summed E-state index contributed by atoms with van der Waals surface area (Å²) in [7, 11) is 0. The van der Waals surface area contributed by atoms with Gasteiger partial charge < -0.3 is 4.74 Å². The second-order valence-corrected chi connectivity index (χ2v) is 9.19. The number of rotatable bonds is 5. The molecule has 0 N–H and O–H groups in total. The highest BCUT2D eigenvalue weighted by atomic mass is 35.5. The molecule has 0 bridgehead atoms. The van der Waals surface area contributed by atoms with Crippen LogP contribution in [0, 0.1) is 0 Å². The first-order chi connectivity index (χ1) is 15.4. The minimum atomic E-state index is -0.277. The Labute approximate surface area is 191 Å². The number of pyridine rings is 1. The van der Waals surface area contributed by atoms with E-state index in [1.54, 1.807) is 6.20 Å². The molecule has 0 aliphatic rings. The molecule has 0 radical (unpaired) electrons. The summed E-state index contributed by atoms with van der Waals surface area (Å²) in [6.45, 7) is 6.97. The zero-order valence-corrected chi connectivity index (χ0v) is 19.0. The molecule has 0 aliphatic heterocycles. The summed E-state index contributed by atoms with van der Waals surface area (Å²) in [6.07, 6.45) is 3.72. The Morgan fingerprint density at radius 1 is 1.00 bits per heavy atom. The maximum atomic E-state index is 6.34. The van der Waals surface area contributed by atoms with Gasteiger partial charge in [-0.3, -0.25) is 4.40 Å². The second-order valence-electron chi connectivity index (χ2n) is 8.79. The van der Waals surface area contributed by atoms with Gasteiger partial charge in [0.1, 0.15) is 12.3 Å². The van der Waals surface area contributed by atoms with Crippen molar-refractivity contribution in [2.24, 2.45) is 0 Å². The smallest absolute Gasteiger partial charge is 0.177 e. The van der Waals surface area contributed by atoms with Crippen LogP contribution in [0.2, 0.25) is 5.02 Å². The maximum absolute atomic E-state index is 6.34. The van der Waals surface area contributed by atoms with E-state index in [-0.39, 0.29) is 5.60 Å². The molecule has 32 heavy (non-hydrogen) atoms. The molecule has 5 rings (SSSR count). The minimum absolute atomic E-state index is 0.277. The Balaban J connectivity index is 1.57. The SMILES string of the molecule is CC(C)(C)OCc1nc(-c2cnc3c(Cl)cccn23)n(Cc2ccc3ccccc3c2)n1. The Morgan fingerprint density at radius 3 is 2.62 bits per heavy atom. The highest BCUT2D eigenvalue weighted by Gasteiger charge is 2.19. The topological polar surface area (TPSA) is 57.2 Å². The van der Waals surface area contributed by atoms with Gasteiger partial charge in [0, 0.05) is 6.20 Å². The zero-order valence-electron chi connectivity index (χ0n) is 18.3. The van der Waals surface area contributed by atoms with Crippen LogP contribution in [0.4, 0.5) is 0 Å². The molecule has 0 saturated carbocycles. The van der Waals surface area contributed by atoms with Gasteiger partial charge >= 0.3 is 0 Å². The van der Waals surface area contributed by atoms with Gasteiger partial charge in [-0.2, -0.15) is 5.10 Å². The number of halogens is 1. The number of imidazole rings is 1. The lowest BCUT2D eigenvalue weighted by atomic mass is 10.1. The molecular formula is C25H24ClN5O. The van der Waals surface area contributed by atoms with Gasteiger partial charge in [-0.25, -0.2) is 14.6 Å². The highest BCUT2D eigenvalue weighted by Crippen LogP contribution is 2.25. The summed E-state index contributed by atoms with van der Waals surface area (Å²) in [4.78, 5) is 9.31. The number of nitrogens with zero attached hydrogens (tertiary/aromatic N) is 5. The van der Waals surface area contributed by atoms with Crippen molar-refractivity contribution in [2.75, 3.05) is 0 Å². The van der Waals surface area contributed by atoms with Crippen molar-refractivity contribution in [3.8, 4) is 11.5 Å². The van der Waals surface area contributed by atoms with Crippen LogP contribution in [-0.2, 0) is 17.9 Å². The number of ether oxygens (including phenoxy) is 1. The summed E-state index contributed by atoms with van der Waals surface area (Å²) in [5.41, 5.74) is 2.39. The van der Waals surface area contributed by atoms with Crippen molar-refractivity contribution < 1.29 is 4.74 Å². The van der Waals surface area contributed by atoms with Crippen molar-refractivity contribution >= 4 is 28.0 Å². The molecule has 3 aromatic heterocycles. The van der Waals surface area contributed by atoms with E-state index in [0.717, 1.165) is 17.1 Å². The Bertz CT molecular complexity index is 1410. The number of hydrogen-bond acceptors (Lipinski definition) is 4. The van der Waals surface area contributed by atoms with E-state index in [1.165, 1.54) is 10.8 Å². The Hall–Kier alpha value is -3.22. The molecule has 0 saturated heterocycles. The summed E-state index contributed by atoms with van der Waals surface area (Å²) in [6, 6.07) is 18.5. The number of aromatic nitrogens is 5. The lowest BCUT2D eigenvalue weighted by Crippen LogP contribution is -2.19. The van der Waals surface area contributed by atoms with Crippen LogP contribution in [0.15, 0.2) is 67.0 Å². The first-order valence-electron chi connectivity index (χ1n) is 10.5. The highest BCUT2D eigenvalue weighted by molar-refractivity contribution is 6.33. The van der Waals surface area contributed by atoms with E-state index in [1.807, 2.05) is 48.2 Å². The van der Waals surface area contributed by atoms with Crippen LogP contribution in [0.25, 0.3) is 27.9 Å². The van der Waals surface area contributed by atoms with Gasteiger partial charge in [0.15, 0.2) is 17.3 Å². The summed E-state index contributed by atoms with van der Waals surface area (Å²) in [5.74, 6) is 1.35. The molecule has 0 fully saturated rings. The van der Waals surface area contributed by atoms with Gasteiger partial charge in [0.25, 0.3) is 0 Å². The Morgan fingerprint density at radius 2 is 1.81 bits per heavy atom. The van der Waals surface area contributed by atoms with Gasteiger partial charge in [0.05, 0.1) is 23.4 Å². The fraction of sp³-hybridized carbons (Fsp3) is 0.240. The third kappa shape index (κ3) is 4.11. The van der Waals surface area contributed by atoms with Crippen LogP contribution in [0.5, 0.6) is 0 Å². The number of fused-ring (bicyclic) bond motifs is 2. The lowest BCUT2D eigenvalue weighted by Gasteiger charge is -2.17. The van der Waals surface area contributed by atoms with Crippen molar-refractivity contribution in [3.05, 3.63) is 83.4 Å². The van der Waals surface area contributed by atoms with Crippen molar-refractivity contribution in [1.82, 2.24) is 24.1 Å². The molecule has 162 valence electrons. The van der Waals surface area contributed by atoms with Gasteiger partial charge in [0.2, 0.25) is 0 Å². The first kappa shape index (κ1) is 20.7. The second kappa shape index (κ2) is 8.04. The van der Waals surface area contributed by atoms with Crippen LogP contribution in [0.3, 0.4) is 0 Å². The minimum Gasteiger partial charge on any atom is -0.368 e. The van der Waals surface area contributed by atoms with E-state index < -0.39 is 0 Å². The Kier molecular flexibility index (Phi) is 5.19. The van der Waals surface area contributed by atoms with Gasteiger partial charge in [-0.15, -0.1) is 0 Å². The molecule has 3 heterocycles. The fourth-order valence-electron chi connectivity index (χ4n) is 3.68. The van der Waals surface area contributed by atoms with E-state index in [4.69, 9.17) is 26.4 Å². The third-order valence-corrected chi connectivity index (χ3v) is 5.51. The molecule has 0 unspecified atom stereocenters. The van der Waals surface area contributed by atoms with Gasteiger partial charge in [-0.05, 0) is 55.3 Å². The normalized spacial score (nSPS) is 12.1. The van der Waals surface area contributed by atoms with Crippen molar-refractivity contribution in [1.29, 1.82) is 0 Å². The summed E-state index contributed by atoms with van der Waals surface area (Å²) in [5, 5.41) is 7.79. The number of hydrogen-bond donors (Lipinski definition) is 0. The molecule has 7 heteroatoms. The van der Waals surface area contributed by atoms with E-state index in [0.29, 0.717) is 29.6 Å². The molecule has 5 aromatic rings. The molecule has 6 nitrogen and oxygen atoms in total. The molecule has 0 spiro atoms. The van der Waals surface area contributed by atoms with Crippen LogP contribution < -0.4 is 0 Å². The average molecular weight is 446 g/mol. The standard InChI is InChI=1S/C25H24ClN5O/c1-25(2,3)32-16-22-28-24(21-14-27-23-20(26)9-6-12-30(21)23)31(29-22)15-17-10-11-18-7-4-5-8-19(18)13-17/h4-14H,15-16H2,1-3H3. The van der Waals surface area contributed by atoms with E-state index in [2.05, 4.69) is 47.4 Å². The average Bonchev–Trinajstić information content (AvgIpc) is 3.36. The van der Waals surface area contributed by atoms with Gasteiger partial charge in [-0.1, -0.05) is 48.0 Å². The maximum Gasteiger partial charge on any atom is 0.177 e. The quantitative estimate of drug-likeness (QED) is 0.345. The predicted octanol–water partition coefficient (Wildman–Crippen LogP) is 5.76. The van der Waals surface area contributed by atoms with Crippen LogP contribution in [0.1, 0.15) is 32.2 Å².